The van der Waals surface area contributed by atoms with Crippen molar-refractivity contribution in [3.05, 3.63) is 34.5 Å². The van der Waals surface area contributed by atoms with Crippen LogP contribution in [-0.4, -0.2) is 14.8 Å². The van der Waals surface area contributed by atoms with Crippen LogP contribution in [0.25, 0.3) is 0 Å². The number of thiazole rings is 1. The van der Waals surface area contributed by atoms with Gasteiger partial charge >= 0.3 is 0 Å². The lowest BCUT2D eigenvalue weighted by Crippen LogP contribution is -1.99. The molecule has 68 valence electrons. The van der Waals surface area contributed by atoms with Crippen molar-refractivity contribution in [3.63, 3.8) is 0 Å². The summed E-state index contributed by atoms with van der Waals surface area (Å²) in [5.41, 5.74) is 1.10. The summed E-state index contributed by atoms with van der Waals surface area (Å²) in [5, 5.41) is 7.42. The second-order valence-corrected chi connectivity index (χ2v) is 3.73. The number of aromatic nitrogens is 3. The summed E-state index contributed by atoms with van der Waals surface area (Å²) in [6, 6.07) is 1.92. The molecule has 0 radical (unpaired) electrons. The summed E-state index contributed by atoms with van der Waals surface area (Å²) in [6.07, 6.45) is 4.75. The average molecular weight is 193 g/mol. The van der Waals surface area contributed by atoms with E-state index in [1.165, 1.54) is 5.01 Å². The Bertz CT molecular complexity index is 364. The molecular weight excluding hydrogens is 182 g/mol. The van der Waals surface area contributed by atoms with Gasteiger partial charge in [0.2, 0.25) is 0 Å². The molecule has 4 heteroatoms. The third-order valence-corrected chi connectivity index (χ3v) is 2.83. The molecule has 13 heavy (non-hydrogen) atoms. The fraction of sp³-hybridized carbons (Fsp3) is 0.333. The van der Waals surface area contributed by atoms with E-state index in [2.05, 4.69) is 22.4 Å². The lowest BCUT2D eigenvalue weighted by molar-refractivity contribution is 0.674. The summed E-state index contributed by atoms with van der Waals surface area (Å²) < 4.78 is 1.88. The van der Waals surface area contributed by atoms with Crippen LogP contribution in [0, 0.1) is 0 Å². The first-order chi connectivity index (χ1) is 6.38. The first-order valence-corrected chi connectivity index (χ1v) is 5.17. The molecule has 2 aromatic heterocycles. The molecule has 3 nitrogen and oxygen atoms in total. The predicted octanol–water partition coefficient (Wildman–Crippen LogP) is 1.95. The van der Waals surface area contributed by atoms with Gasteiger partial charge < -0.3 is 0 Å². The van der Waals surface area contributed by atoms with E-state index >= 15 is 0 Å². The zero-order chi connectivity index (χ0) is 9.10. The van der Waals surface area contributed by atoms with Crippen molar-refractivity contribution in [3.8, 4) is 0 Å². The summed E-state index contributed by atoms with van der Waals surface area (Å²) in [6.45, 7) is 2.90. The largest absolute Gasteiger partial charge is 0.267 e. The van der Waals surface area contributed by atoms with Gasteiger partial charge in [0.25, 0.3) is 0 Å². The molecule has 0 aliphatic rings. The molecule has 2 rings (SSSR count). The normalized spacial score (nSPS) is 10.5. The highest BCUT2D eigenvalue weighted by molar-refractivity contribution is 7.09. The predicted molar refractivity (Wildman–Crippen MR) is 52.8 cm³/mol. The topological polar surface area (TPSA) is 30.7 Å². The number of rotatable bonds is 3. The van der Waals surface area contributed by atoms with Gasteiger partial charge in [-0.1, -0.05) is 6.92 Å². The first kappa shape index (κ1) is 8.44. The summed E-state index contributed by atoms with van der Waals surface area (Å²) in [5.74, 6) is 0. The van der Waals surface area contributed by atoms with Gasteiger partial charge in [-0.25, -0.2) is 4.98 Å². The smallest absolute Gasteiger partial charge is 0.0926 e. The van der Waals surface area contributed by atoms with Gasteiger partial charge in [0.1, 0.15) is 0 Å². The van der Waals surface area contributed by atoms with Crippen LogP contribution < -0.4 is 0 Å². The van der Waals surface area contributed by atoms with Crippen molar-refractivity contribution in [2.24, 2.45) is 0 Å². The molecule has 0 aliphatic heterocycles. The molecule has 0 fully saturated rings. The number of hydrogen-bond acceptors (Lipinski definition) is 3. The first-order valence-electron chi connectivity index (χ1n) is 4.29. The van der Waals surface area contributed by atoms with Crippen LogP contribution in [0.2, 0.25) is 0 Å². The quantitative estimate of drug-likeness (QED) is 0.746. The van der Waals surface area contributed by atoms with Crippen LogP contribution >= 0.6 is 11.3 Å². The van der Waals surface area contributed by atoms with Crippen molar-refractivity contribution < 1.29 is 0 Å². The zero-order valence-electron chi connectivity index (χ0n) is 7.47. The number of aryl methyl sites for hydroxylation is 1. The van der Waals surface area contributed by atoms with Crippen LogP contribution in [0.5, 0.6) is 0 Å². The lowest BCUT2D eigenvalue weighted by atomic mass is 10.4. The maximum atomic E-state index is 4.46. The Hall–Kier alpha value is -1.16. The minimum Gasteiger partial charge on any atom is -0.267 e. The monoisotopic (exact) mass is 193 g/mol. The van der Waals surface area contributed by atoms with Crippen molar-refractivity contribution in [2.75, 3.05) is 0 Å². The fourth-order valence-electron chi connectivity index (χ4n) is 1.14. The van der Waals surface area contributed by atoms with E-state index in [0.717, 1.165) is 18.7 Å². The van der Waals surface area contributed by atoms with Crippen LogP contribution in [0.15, 0.2) is 23.8 Å². The lowest BCUT2D eigenvalue weighted by Gasteiger charge is -1.95. The highest BCUT2D eigenvalue weighted by Gasteiger charge is 2.00. The minimum absolute atomic E-state index is 0.781. The molecule has 0 bridgehead atoms. The molecule has 0 saturated heterocycles. The standard InChI is InChI=1S/C9H11N3S/c1-2-9-11-8(7-13-9)6-12-5-3-4-10-12/h3-5,7H,2,6H2,1H3. The van der Waals surface area contributed by atoms with Gasteiger partial charge in [0, 0.05) is 17.8 Å². The zero-order valence-corrected chi connectivity index (χ0v) is 8.29. The second kappa shape index (κ2) is 3.70. The molecular formula is C9H11N3S. The Kier molecular flexibility index (Phi) is 2.40. The molecule has 0 saturated carbocycles. The van der Waals surface area contributed by atoms with Gasteiger partial charge in [-0.3, -0.25) is 4.68 Å². The highest BCUT2D eigenvalue weighted by atomic mass is 32.1. The van der Waals surface area contributed by atoms with Gasteiger partial charge in [-0.05, 0) is 12.5 Å². The van der Waals surface area contributed by atoms with Gasteiger partial charge in [0.05, 0.1) is 17.2 Å². The Morgan fingerprint density at radius 1 is 1.54 bits per heavy atom. The van der Waals surface area contributed by atoms with E-state index in [9.17, 15) is 0 Å². The van der Waals surface area contributed by atoms with Crippen molar-refractivity contribution in [1.29, 1.82) is 0 Å². The molecule has 2 aromatic rings. The SMILES string of the molecule is CCc1nc(Cn2cccn2)cs1. The molecule has 0 aromatic carbocycles. The van der Waals surface area contributed by atoms with Crippen molar-refractivity contribution >= 4 is 11.3 Å². The van der Waals surface area contributed by atoms with Crippen LogP contribution in [-0.2, 0) is 13.0 Å². The van der Waals surface area contributed by atoms with E-state index in [4.69, 9.17) is 0 Å². The van der Waals surface area contributed by atoms with Crippen LogP contribution in [0.4, 0.5) is 0 Å². The highest BCUT2D eigenvalue weighted by Crippen LogP contribution is 2.10. The van der Waals surface area contributed by atoms with Gasteiger partial charge in [0.15, 0.2) is 0 Å². The molecule has 0 amide bonds. The van der Waals surface area contributed by atoms with Crippen LogP contribution in [0.1, 0.15) is 17.6 Å². The number of nitrogens with zero attached hydrogens (tertiary/aromatic N) is 3. The average Bonchev–Trinajstić information content (AvgIpc) is 2.76. The molecule has 0 unspecified atom stereocenters. The van der Waals surface area contributed by atoms with E-state index in [-0.39, 0.29) is 0 Å². The van der Waals surface area contributed by atoms with Gasteiger partial charge in [-0.15, -0.1) is 11.3 Å². The van der Waals surface area contributed by atoms with E-state index in [0.29, 0.717) is 0 Å². The van der Waals surface area contributed by atoms with E-state index in [1.54, 1.807) is 17.5 Å². The Morgan fingerprint density at radius 3 is 3.08 bits per heavy atom. The molecule has 2 heterocycles. The maximum Gasteiger partial charge on any atom is 0.0926 e. The van der Waals surface area contributed by atoms with Crippen LogP contribution in [0.3, 0.4) is 0 Å². The molecule has 0 aliphatic carbocycles. The van der Waals surface area contributed by atoms with E-state index in [1.807, 2.05) is 16.9 Å². The van der Waals surface area contributed by atoms with Crippen molar-refractivity contribution in [2.45, 2.75) is 19.9 Å². The number of hydrogen-bond donors (Lipinski definition) is 0. The second-order valence-electron chi connectivity index (χ2n) is 2.79. The third-order valence-electron chi connectivity index (χ3n) is 1.78. The maximum absolute atomic E-state index is 4.46. The Balaban J connectivity index is 2.10. The molecule has 0 spiro atoms. The molecule has 0 atom stereocenters. The summed E-state index contributed by atoms with van der Waals surface area (Å²) in [7, 11) is 0. The molecule has 0 N–H and O–H groups in total. The fourth-order valence-corrected chi connectivity index (χ4v) is 1.88. The third kappa shape index (κ3) is 1.95. The Morgan fingerprint density at radius 2 is 2.46 bits per heavy atom. The van der Waals surface area contributed by atoms with Crippen molar-refractivity contribution in [1.82, 2.24) is 14.8 Å². The van der Waals surface area contributed by atoms with Gasteiger partial charge in [-0.2, -0.15) is 5.10 Å². The Labute approximate surface area is 81.1 Å². The summed E-state index contributed by atoms with van der Waals surface area (Å²) in [4.78, 5) is 4.46. The summed E-state index contributed by atoms with van der Waals surface area (Å²) >= 11 is 1.72. The van der Waals surface area contributed by atoms with E-state index < -0.39 is 0 Å². The minimum atomic E-state index is 0.781.